The molecule has 0 aliphatic carbocycles. The molecule has 1 amide bonds. The number of carbonyl (C=O) groups excluding carboxylic acids is 1. The number of rotatable bonds is 6. The van der Waals surface area contributed by atoms with Gasteiger partial charge in [-0.15, -0.1) is 11.3 Å². The standard InChI is InChI=1S/C23H24ClFN4OS/c24-19-6-4-18(5-7-19)23(30)26-14-21-22(27-16-31-21)29-11-1-10-28(12-13-29)15-17-2-8-20(25)9-3-17/h2-9,16H,1,10-15H2,(H,26,30). The second-order valence-corrected chi connectivity index (χ2v) is 8.91. The summed E-state index contributed by atoms with van der Waals surface area (Å²) in [5.74, 6) is 0.618. The molecule has 0 spiro atoms. The molecule has 4 rings (SSSR count). The summed E-state index contributed by atoms with van der Waals surface area (Å²) in [6.45, 7) is 4.93. The maximum Gasteiger partial charge on any atom is 0.251 e. The molecule has 0 atom stereocenters. The lowest BCUT2D eigenvalue weighted by Crippen LogP contribution is -2.31. The molecule has 2 aromatic carbocycles. The molecule has 0 bridgehead atoms. The Morgan fingerprint density at radius 2 is 1.84 bits per heavy atom. The summed E-state index contributed by atoms with van der Waals surface area (Å²) in [6, 6.07) is 13.6. The van der Waals surface area contributed by atoms with Gasteiger partial charge in [-0.2, -0.15) is 0 Å². The largest absolute Gasteiger partial charge is 0.354 e. The number of anilines is 1. The molecule has 162 valence electrons. The van der Waals surface area contributed by atoms with Crippen molar-refractivity contribution in [3.05, 3.63) is 80.9 Å². The molecule has 1 aliphatic rings. The zero-order chi connectivity index (χ0) is 21.6. The average Bonchev–Trinajstić information content (AvgIpc) is 3.12. The number of aromatic nitrogens is 1. The Morgan fingerprint density at radius 1 is 1.06 bits per heavy atom. The monoisotopic (exact) mass is 458 g/mol. The van der Waals surface area contributed by atoms with Crippen molar-refractivity contribution in [1.82, 2.24) is 15.2 Å². The van der Waals surface area contributed by atoms with E-state index in [4.69, 9.17) is 11.6 Å². The Labute approximate surface area is 190 Å². The first kappa shape index (κ1) is 21.7. The molecule has 1 saturated heterocycles. The van der Waals surface area contributed by atoms with Crippen LogP contribution in [0.2, 0.25) is 5.02 Å². The van der Waals surface area contributed by atoms with Crippen molar-refractivity contribution in [2.45, 2.75) is 19.5 Å². The molecule has 0 saturated carbocycles. The molecule has 1 aliphatic heterocycles. The first-order valence-corrected chi connectivity index (χ1v) is 11.5. The van der Waals surface area contributed by atoms with E-state index in [0.717, 1.165) is 55.4 Å². The van der Waals surface area contributed by atoms with Crippen molar-refractivity contribution in [1.29, 1.82) is 0 Å². The van der Waals surface area contributed by atoms with Crippen LogP contribution >= 0.6 is 22.9 Å². The fourth-order valence-electron chi connectivity index (χ4n) is 3.70. The predicted octanol–water partition coefficient (Wildman–Crippen LogP) is 4.58. The molecule has 0 unspecified atom stereocenters. The minimum Gasteiger partial charge on any atom is -0.354 e. The highest BCUT2D eigenvalue weighted by atomic mass is 35.5. The van der Waals surface area contributed by atoms with Crippen LogP contribution < -0.4 is 10.2 Å². The van der Waals surface area contributed by atoms with Crippen LogP contribution in [0.4, 0.5) is 10.2 Å². The maximum atomic E-state index is 13.1. The van der Waals surface area contributed by atoms with Crippen LogP contribution in [0, 0.1) is 5.82 Å². The van der Waals surface area contributed by atoms with Crippen LogP contribution in [0.15, 0.2) is 54.0 Å². The smallest absolute Gasteiger partial charge is 0.251 e. The number of carbonyl (C=O) groups is 1. The van der Waals surface area contributed by atoms with Gasteiger partial charge >= 0.3 is 0 Å². The molecule has 5 nitrogen and oxygen atoms in total. The molecule has 31 heavy (non-hydrogen) atoms. The van der Waals surface area contributed by atoms with Crippen molar-refractivity contribution >= 4 is 34.7 Å². The van der Waals surface area contributed by atoms with Crippen LogP contribution in [0.3, 0.4) is 0 Å². The van der Waals surface area contributed by atoms with Gasteiger partial charge in [-0.3, -0.25) is 9.69 Å². The number of nitrogens with one attached hydrogen (secondary N) is 1. The van der Waals surface area contributed by atoms with Gasteiger partial charge in [-0.05, 0) is 48.4 Å². The van der Waals surface area contributed by atoms with Gasteiger partial charge in [0.1, 0.15) is 11.6 Å². The van der Waals surface area contributed by atoms with Crippen LogP contribution in [0.5, 0.6) is 0 Å². The summed E-state index contributed by atoms with van der Waals surface area (Å²) in [6.07, 6.45) is 1.02. The molecule has 1 N–H and O–H groups in total. The Balaban J connectivity index is 1.34. The third kappa shape index (κ3) is 5.81. The maximum absolute atomic E-state index is 13.1. The van der Waals surface area contributed by atoms with Gasteiger partial charge in [0, 0.05) is 43.3 Å². The highest BCUT2D eigenvalue weighted by Gasteiger charge is 2.20. The minimum absolute atomic E-state index is 0.127. The van der Waals surface area contributed by atoms with Crippen molar-refractivity contribution < 1.29 is 9.18 Å². The van der Waals surface area contributed by atoms with E-state index in [1.807, 2.05) is 17.6 Å². The minimum atomic E-state index is -0.204. The Bertz CT molecular complexity index is 1010. The second-order valence-electron chi connectivity index (χ2n) is 7.53. The third-order valence-electron chi connectivity index (χ3n) is 5.34. The van der Waals surface area contributed by atoms with E-state index in [2.05, 4.69) is 20.1 Å². The summed E-state index contributed by atoms with van der Waals surface area (Å²) in [4.78, 5) is 22.7. The van der Waals surface area contributed by atoms with E-state index >= 15 is 0 Å². The van der Waals surface area contributed by atoms with E-state index in [1.165, 1.54) is 12.1 Å². The van der Waals surface area contributed by atoms with Crippen molar-refractivity contribution in [3.8, 4) is 0 Å². The normalized spacial score (nSPS) is 15.0. The highest BCUT2D eigenvalue weighted by Crippen LogP contribution is 2.24. The Morgan fingerprint density at radius 3 is 2.61 bits per heavy atom. The Kier molecular flexibility index (Phi) is 7.17. The van der Waals surface area contributed by atoms with E-state index in [0.29, 0.717) is 17.1 Å². The summed E-state index contributed by atoms with van der Waals surface area (Å²) in [5, 5.41) is 3.59. The van der Waals surface area contributed by atoms with Gasteiger partial charge in [0.25, 0.3) is 5.91 Å². The van der Waals surface area contributed by atoms with Gasteiger partial charge in [0.15, 0.2) is 0 Å². The molecule has 3 aromatic rings. The van der Waals surface area contributed by atoms with Crippen LogP contribution in [-0.2, 0) is 13.1 Å². The lowest BCUT2D eigenvalue weighted by atomic mass is 10.2. The first-order valence-electron chi connectivity index (χ1n) is 10.3. The fourth-order valence-corrected chi connectivity index (χ4v) is 4.54. The molecular formula is C23H24ClFN4OS. The molecule has 8 heteroatoms. The lowest BCUT2D eigenvalue weighted by Gasteiger charge is -2.23. The molecule has 1 fully saturated rings. The zero-order valence-corrected chi connectivity index (χ0v) is 18.6. The van der Waals surface area contributed by atoms with E-state index in [-0.39, 0.29) is 11.7 Å². The summed E-state index contributed by atoms with van der Waals surface area (Å²) >= 11 is 7.45. The SMILES string of the molecule is O=C(NCc1scnc1N1CCCN(Cc2ccc(F)cc2)CC1)c1ccc(Cl)cc1. The van der Waals surface area contributed by atoms with Gasteiger partial charge in [0.05, 0.1) is 16.9 Å². The summed E-state index contributed by atoms with van der Waals surface area (Å²) < 4.78 is 13.1. The van der Waals surface area contributed by atoms with E-state index in [1.54, 1.807) is 35.6 Å². The van der Waals surface area contributed by atoms with Gasteiger partial charge in [0.2, 0.25) is 0 Å². The number of hydrogen-bond acceptors (Lipinski definition) is 5. The predicted molar refractivity (Wildman–Crippen MR) is 123 cm³/mol. The lowest BCUT2D eigenvalue weighted by molar-refractivity contribution is 0.0951. The number of amides is 1. The van der Waals surface area contributed by atoms with Crippen molar-refractivity contribution in [2.24, 2.45) is 0 Å². The number of halogens is 2. The van der Waals surface area contributed by atoms with Crippen LogP contribution in [-0.4, -0.2) is 42.0 Å². The fraction of sp³-hybridized carbons (Fsp3) is 0.304. The Hall–Kier alpha value is -2.48. The number of thiazole rings is 1. The van der Waals surface area contributed by atoms with Crippen molar-refractivity contribution in [3.63, 3.8) is 0 Å². The van der Waals surface area contributed by atoms with E-state index in [9.17, 15) is 9.18 Å². The number of nitrogens with zero attached hydrogens (tertiary/aromatic N) is 3. The topological polar surface area (TPSA) is 48.5 Å². The molecule has 2 heterocycles. The van der Waals surface area contributed by atoms with Crippen LogP contribution in [0.1, 0.15) is 27.2 Å². The molecule has 1 aromatic heterocycles. The molecular weight excluding hydrogens is 435 g/mol. The van der Waals surface area contributed by atoms with Crippen molar-refractivity contribution in [2.75, 3.05) is 31.1 Å². The number of benzene rings is 2. The number of hydrogen-bond donors (Lipinski definition) is 1. The third-order valence-corrected chi connectivity index (χ3v) is 6.42. The average molecular weight is 459 g/mol. The summed E-state index contributed by atoms with van der Waals surface area (Å²) in [5.41, 5.74) is 3.54. The summed E-state index contributed by atoms with van der Waals surface area (Å²) in [7, 11) is 0. The zero-order valence-electron chi connectivity index (χ0n) is 17.1. The van der Waals surface area contributed by atoms with E-state index < -0.39 is 0 Å². The highest BCUT2D eigenvalue weighted by molar-refractivity contribution is 7.10. The van der Waals surface area contributed by atoms with Crippen LogP contribution in [0.25, 0.3) is 0 Å². The molecule has 0 radical (unpaired) electrons. The van der Waals surface area contributed by atoms with Gasteiger partial charge < -0.3 is 10.2 Å². The second kappa shape index (κ2) is 10.2. The first-order chi connectivity index (χ1) is 15.1. The van der Waals surface area contributed by atoms with Gasteiger partial charge in [-0.25, -0.2) is 9.37 Å². The quantitative estimate of drug-likeness (QED) is 0.587. The van der Waals surface area contributed by atoms with Gasteiger partial charge in [-0.1, -0.05) is 23.7 Å².